The van der Waals surface area contributed by atoms with Gasteiger partial charge in [-0.3, -0.25) is 10.1 Å². The first-order chi connectivity index (χ1) is 17.0. The van der Waals surface area contributed by atoms with Crippen molar-refractivity contribution in [3.8, 4) is 0 Å². The summed E-state index contributed by atoms with van der Waals surface area (Å²) in [4.78, 5) is 36.7. The van der Waals surface area contributed by atoms with E-state index >= 15 is 4.39 Å². The highest BCUT2D eigenvalue weighted by atomic mass is 19.3. The van der Waals surface area contributed by atoms with Crippen LogP contribution in [0.1, 0.15) is 55.2 Å². The number of nitrogens with zero attached hydrogens (tertiary/aromatic N) is 4. The van der Waals surface area contributed by atoms with Crippen LogP contribution in [0.4, 0.5) is 29.6 Å². The number of alkyl halides is 2. The second-order valence-corrected chi connectivity index (χ2v) is 9.18. The molecule has 2 aromatic rings. The van der Waals surface area contributed by atoms with Gasteiger partial charge in [0, 0.05) is 31.6 Å². The lowest BCUT2D eigenvalue weighted by molar-refractivity contribution is -0.130. The second kappa shape index (κ2) is 9.92. The van der Waals surface area contributed by atoms with Crippen molar-refractivity contribution in [2.75, 3.05) is 30.3 Å². The van der Waals surface area contributed by atoms with E-state index in [2.05, 4.69) is 20.6 Å². The monoisotopic (exact) mass is 506 g/mol. The molecule has 1 fully saturated rings. The van der Waals surface area contributed by atoms with E-state index in [4.69, 9.17) is 5.11 Å². The smallest absolute Gasteiger partial charge is 0.323 e. The number of aromatic nitrogens is 2. The Balaban J connectivity index is 1.59. The van der Waals surface area contributed by atoms with Crippen LogP contribution in [0.5, 0.6) is 0 Å². The lowest BCUT2D eigenvalue weighted by atomic mass is 9.99. The van der Waals surface area contributed by atoms with Gasteiger partial charge in [-0.1, -0.05) is 12.1 Å². The minimum atomic E-state index is -3.72. The Morgan fingerprint density at radius 2 is 2.00 bits per heavy atom. The van der Waals surface area contributed by atoms with Crippen molar-refractivity contribution in [3.05, 3.63) is 46.5 Å². The highest BCUT2D eigenvalue weighted by Crippen LogP contribution is 2.35. The number of nitrogens with one attached hydrogen (secondary N) is 2. The molecule has 36 heavy (non-hydrogen) atoms. The maximum absolute atomic E-state index is 15.0. The average Bonchev–Trinajstić information content (AvgIpc) is 2.83. The van der Waals surface area contributed by atoms with Crippen LogP contribution in [0.25, 0.3) is 0 Å². The van der Waals surface area contributed by atoms with Crippen LogP contribution in [-0.4, -0.2) is 62.6 Å². The van der Waals surface area contributed by atoms with Crippen LogP contribution >= 0.6 is 0 Å². The molecule has 1 aromatic heterocycles. The topological polar surface area (TPSA) is 111 Å². The van der Waals surface area contributed by atoms with Gasteiger partial charge in [-0.25, -0.2) is 19.2 Å². The van der Waals surface area contributed by atoms with Gasteiger partial charge in [0.25, 0.3) is 5.92 Å². The molecule has 0 bridgehead atoms. The van der Waals surface area contributed by atoms with Gasteiger partial charge in [0.05, 0.1) is 23.7 Å². The summed E-state index contributed by atoms with van der Waals surface area (Å²) in [5.41, 5.74) is -0.301. The number of piperidine rings is 1. The zero-order chi connectivity index (χ0) is 26.2. The number of hydrogen-bond donors (Lipinski definition) is 3. The maximum Gasteiger partial charge on any atom is 0.323 e. The fourth-order valence-electron chi connectivity index (χ4n) is 4.71. The van der Waals surface area contributed by atoms with Gasteiger partial charge < -0.3 is 20.2 Å². The number of anilines is 2. The molecule has 3 amide bonds. The molecule has 4 rings (SSSR count). The van der Waals surface area contributed by atoms with Crippen molar-refractivity contribution < 1.29 is 27.9 Å². The molecule has 194 valence electrons. The molecule has 9 nitrogen and oxygen atoms in total. The number of carbonyl (C=O) groups is 2. The highest BCUT2D eigenvalue weighted by molar-refractivity contribution is 5.92. The first kappa shape index (κ1) is 25.7. The van der Waals surface area contributed by atoms with E-state index in [0.717, 1.165) is 6.07 Å². The van der Waals surface area contributed by atoms with Crippen LogP contribution in [0.15, 0.2) is 18.2 Å². The van der Waals surface area contributed by atoms with Gasteiger partial charge in [0.1, 0.15) is 29.9 Å². The summed E-state index contributed by atoms with van der Waals surface area (Å²) in [6, 6.07) is 2.50. The van der Waals surface area contributed by atoms with Crippen molar-refractivity contribution in [2.45, 2.75) is 58.2 Å². The zero-order valence-corrected chi connectivity index (χ0v) is 20.3. The van der Waals surface area contributed by atoms with Crippen molar-refractivity contribution in [2.24, 2.45) is 0 Å². The zero-order valence-electron chi connectivity index (χ0n) is 20.3. The van der Waals surface area contributed by atoms with Crippen LogP contribution in [0.3, 0.4) is 0 Å². The third kappa shape index (κ3) is 4.95. The van der Waals surface area contributed by atoms with Gasteiger partial charge in [-0.05, 0) is 32.8 Å². The molecule has 12 heteroatoms. The highest BCUT2D eigenvalue weighted by Gasteiger charge is 2.36. The third-order valence-electron chi connectivity index (χ3n) is 6.73. The van der Waals surface area contributed by atoms with E-state index in [-0.39, 0.29) is 30.1 Å². The van der Waals surface area contributed by atoms with E-state index in [1.165, 1.54) is 19.1 Å². The number of hydrogen-bond acceptors (Lipinski definition) is 6. The van der Waals surface area contributed by atoms with E-state index in [1.54, 1.807) is 23.6 Å². The minimum Gasteiger partial charge on any atom is -0.390 e. The molecule has 0 spiro atoms. The Morgan fingerprint density at radius 3 is 2.64 bits per heavy atom. The SMILES string of the molecule is CC(=O)N1CCC(N2Cc3c(nc(C)nc3N[C@H](C)c3cccc(C(F)(F)CO)c3F)NC2=O)CC1. The first-order valence-electron chi connectivity index (χ1n) is 11.8. The van der Waals surface area contributed by atoms with Gasteiger partial charge in [-0.2, -0.15) is 8.78 Å². The molecule has 1 atom stereocenters. The van der Waals surface area contributed by atoms with Crippen molar-refractivity contribution >= 4 is 23.6 Å². The van der Waals surface area contributed by atoms with E-state index in [9.17, 15) is 18.4 Å². The van der Waals surface area contributed by atoms with Gasteiger partial charge in [-0.15, -0.1) is 0 Å². The summed E-state index contributed by atoms with van der Waals surface area (Å²) in [7, 11) is 0. The molecule has 1 saturated heterocycles. The summed E-state index contributed by atoms with van der Waals surface area (Å²) in [5, 5.41) is 14.9. The quantitative estimate of drug-likeness (QED) is 0.553. The fourth-order valence-corrected chi connectivity index (χ4v) is 4.71. The van der Waals surface area contributed by atoms with Crippen LogP contribution in [-0.2, 0) is 17.3 Å². The lowest BCUT2D eigenvalue weighted by Crippen LogP contribution is -2.51. The number of benzene rings is 1. The molecule has 0 radical (unpaired) electrons. The molecule has 0 aliphatic carbocycles. The Hall–Kier alpha value is -3.41. The summed E-state index contributed by atoms with van der Waals surface area (Å²) < 4.78 is 43.1. The molecule has 3 N–H and O–H groups in total. The number of carbonyl (C=O) groups excluding carboxylic acids is 2. The Bertz CT molecular complexity index is 1170. The van der Waals surface area contributed by atoms with Gasteiger partial charge in [0.2, 0.25) is 5.91 Å². The summed E-state index contributed by atoms with van der Waals surface area (Å²) in [6.45, 7) is 4.58. The summed E-state index contributed by atoms with van der Waals surface area (Å²) in [6.07, 6.45) is 1.26. The molecule has 0 saturated carbocycles. The van der Waals surface area contributed by atoms with Gasteiger partial charge in [0.15, 0.2) is 0 Å². The Labute approximate surface area is 206 Å². The number of urea groups is 1. The number of likely N-dealkylation sites (tertiary alicyclic amines) is 1. The molecule has 1 aromatic carbocycles. The number of amides is 3. The molecule has 2 aliphatic heterocycles. The molecular formula is C24H29F3N6O3. The number of halogens is 3. The second-order valence-electron chi connectivity index (χ2n) is 9.18. The fraction of sp³-hybridized carbons (Fsp3) is 0.500. The number of aliphatic hydroxyl groups is 1. The van der Waals surface area contributed by atoms with Crippen molar-refractivity contribution in [1.29, 1.82) is 0 Å². The molecule has 2 aliphatic rings. The summed E-state index contributed by atoms with van der Waals surface area (Å²) in [5.74, 6) is -3.76. The maximum atomic E-state index is 15.0. The van der Waals surface area contributed by atoms with Gasteiger partial charge >= 0.3 is 6.03 Å². The van der Waals surface area contributed by atoms with Crippen LogP contribution in [0, 0.1) is 12.7 Å². The lowest BCUT2D eigenvalue weighted by Gasteiger charge is -2.40. The van der Waals surface area contributed by atoms with Crippen LogP contribution in [0.2, 0.25) is 0 Å². The van der Waals surface area contributed by atoms with E-state index in [1.807, 2.05) is 0 Å². The molecule has 3 heterocycles. The predicted octanol–water partition coefficient (Wildman–Crippen LogP) is 3.54. The predicted molar refractivity (Wildman–Crippen MR) is 126 cm³/mol. The third-order valence-corrected chi connectivity index (χ3v) is 6.73. The van der Waals surface area contributed by atoms with Crippen LogP contribution < -0.4 is 10.6 Å². The number of rotatable bonds is 6. The Kier molecular flexibility index (Phi) is 7.07. The summed E-state index contributed by atoms with van der Waals surface area (Å²) >= 11 is 0. The number of aliphatic hydroxyl groups excluding tert-OH is 1. The Morgan fingerprint density at radius 1 is 1.31 bits per heavy atom. The standard InChI is InChI=1S/C24H29F3N6O3/c1-13(17-5-4-6-19(20(17)25)24(26,27)12-34)28-21-18-11-33(16-7-9-32(10-8-16)15(3)35)23(36)31-22(18)30-14(2)29-21/h4-6,13,16,34H,7-12H2,1-3H3,(H2,28,29,30,31,36)/t13-/m1/s1. The van der Waals surface area contributed by atoms with E-state index in [0.29, 0.717) is 49.0 Å². The normalized spacial score (nSPS) is 17.5. The molecule has 0 unspecified atom stereocenters. The minimum absolute atomic E-state index is 0.000654. The molecular weight excluding hydrogens is 477 g/mol. The largest absolute Gasteiger partial charge is 0.390 e. The number of aryl methyl sites for hydroxylation is 1. The van der Waals surface area contributed by atoms with Crippen molar-refractivity contribution in [1.82, 2.24) is 19.8 Å². The van der Waals surface area contributed by atoms with E-state index < -0.39 is 30.0 Å². The number of fused-ring (bicyclic) bond motifs is 1. The van der Waals surface area contributed by atoms with Crippen molar-refractivity contribution in [3.63, 3.8) is 0 Å². The first-order valence-corrected chi connectivity index (χ1v) is 11.8. The average molecular weight is 507 g/mol.